The molecule has 0 fully saturated rings. The van der Waals surface area contributed by atoms with Gasteiger partial charge < -0.3 is 5.32 Å². The van der Waals surface area contributed by atoms with Crippen LogP contribution in [0.25, 0.3) is 0 Å². The van der Waals surface area contributed by atoms with E-state index < -0.39 is 10.8 Å². The predicted molar refractivity (Wildman–Crippen MR) is 80.3 cm³/mol. The summed E-state index contributed by atoms with van der Waals surface area (Å²) in [7, 11) is -0.716. The highest BCUT2D eigenvalue weighted by Crippen LogP contribution is 2.14. The van der Waals surface area contributed by atoms with Gasteiger partial charge in [-0.3, -0.25) is 4.21 Å². The summed E-state index contributed by atoms with van der Waals surface area (Å²) in [6, 6.07) is 10.5. The molecular formula is C15H25NOS. The number of benzene rings is 1. The lowest BCUT2D eigenvalue weighted by atomic mass is 10.1. The first-order valence-electron chi connectivity index (χ1n) is 6.91. The van der Waals surface area contributed by atoms with Gasteiger partial charge in [0.25, 0.3) is 0 Å². The van der Waals surface area contributed by atoms with Crippen LogP contribution >= 0.6 is 0 Å². The van der Waals surface area contributed by atoms with Crippen molar-refractivity contribution in [2.45, 2.75) is 39.2 Å². The van der Waals surface area contributed by atoms with E-state index in [2.05, 4.69) is 31.3 Å². The van der Waals surface area contributed by atoms with Crippen LogP contribution in [0, 0.1) is 0 Å². The van der Waals surface area contributed by atoms with E-state index in [0.29, 0.717) is 0 Å². The van der Waals surface area contributed by atoms with Crippen molar-refractivity contribution in [2.75, 3.05) is 18.1 Å². The largest absolute Gasteiger partial charge is 0.309 e. The minimum absolute atomic E-state index is 0.221. The monoisotopic (exact) mass is 267 g/mol. The van der Waals surface area contributed by atoms with Gasteiger partial charge in [0.2, 0.25) is 0 Å². The molecule has 102 valence electrons. The Bertz CT molecular complexity index is 340. The second kappa shape index (κ2) is 9.29. The molecule has 1 aromatic carbocycles. The molecule has 1 rings (SSSR count). The molecule has 0 amide bonds. The third-order valence-electron chi connectivity index (χ3n) is 2.98. The van der Waals surface area contributed by atoms with E-state index in [1.165, 1.54) is 18.4 Å². The van der Waals surface area contributed by atoms with E-state index in [1.54, 1.807) is 0 Å². The van der Waals surface area contributed by atoms with Gasteiger partial charge in [0, 0.05) is 28.3 Å². The molecule has 1 aromatic rings. The normalized spacial score (nSPS) is 14.3. The topological polar surface area (TPSA) is 29.1 Å². The van der Waals surface area contributed by atoms with Crippen LogP contribution in [0.1, 0.15) is 44.7 Å². The van der Waals surface area contributed by atoms with Crippen molar-refractivity contribution in [1.82, 2.24) is 5.32 Å². The zero-order valence-corrected chi connectivity index (χ0v) is 12.3. The van der Waals surface area contributed by atoms with Crippen LogP contribution in [0.5, 0.6) is 0 Å². The summed E-state index contributed by atoms with van der Waals surface area (Å²) in [4.78, 5) is 0. The molecule has 0 aliphatic rings. The molecule has 18 heavy (non-hydrogen) atoms. The fraction of sp³-hybridized carbons (Fsp3) is 0.600. The summed E-state index contributed by atoms with van der Waals surface area (Å²) in [5.74, 6) is 1.56. The van der Waals surface area contributed by atoms with Gasteiger partial charge in [0.15, 0.2) is 0 Å². The van der Waals surface area contributed by atoms with Crippen LogP contribution in [0.3, 0.4) is 0 Å². The lowest BCUT2D eigenvalue weighted by Crippen LogP contribution is -2.26. The highest BCUT2D eigenvalue weighted by atomic mass is 32.2. The fourth-order valence-electron chi connectivity index (χ4n) is 1.99. The van der Waals surface area contributed by atoms with Gasteiger partial charge in [0.1, 0.15) is 0 Å². The van der Waals surface area contributed by atoms with Gasteiger partial charge in [-0.05, 0) is 18.5 Å². The lowest BCUT2D eigenvalue weighted by molar-refractivity contribution is 0.593. The van der Waals surface area contributed by atoms with Crippen LogP contribution in [-0.2, 0) is 10.8 Å². The van der Waals surface area contributed by atoms with E-state index in [0.717, 1.165) is 24.5 Å². The van der Waals surface area contributed by atoms with Crippen LogP contribution in [0.2, 0.25) is 0 Å². The maximum atomic E-state index is 12.0. The van der Waals surface area contributed by atoms with Crippen molar-refractivity contribution in [2.24, 2.45) is 0 Å². The first-order chi connectivity index (χ1) is 8.77. The molecule has 0 heterocycles. The van der Waals surface area contributed by atoms with E-state index in [9.17, 15) is 4.21 Å². The van der Waals surface area contributed by atoms with Crippen molar-refractivity contribution in [3.63, 3.8) is 0 Å². The molecule has 0 bridgehead atoms. The average Bonchev–Trinajstić information content (AvgIpc) is 2.39. The maximum Gasteiger partial charge on any atom is 0.0436 e. The van der Waals surface area contributed by atoms with Crippen molar-refractivity contribution in [3.05, 3.63) is 35.9 Å². The van der Waals surface area contributed by atoms with E-state index in [-0.39, 0.29) is 6.04 Å². The summed E-state index contributed by atoms with van der Waals surface area (Å²) in [5, 5.41) is 3.43. The van der Waals surface area contributed by atoms with Gasteiger partial charge >= 0.3 is 0 Å². The van der Waals surface area contributed by atoms with Crippen molar-refractivity contribution in [3.8, 4) is 0 Å². The molecule has 2 nitrogen and oxygen atoms in total. The Hall–Kier alpha value is -0.670. The number of hydrogen-bond acceptors (Lipinski definition) is 2. The number of unbranched alkanes of at least 4 members (excludes halogenated alkanes) is 2. The van der Waals surface area contributed by atoms with Crippen LogP contribution < -0.4 is 5.32 Å². The first-order valence-corrected chi connectivity index (χ1v) is 8.40. The van der Waals surface area contributed by atoms with Gasteiger partial charge in [-0.25, -0.2) is 0 Å². The SMILES string of the molecule is CCCCCS(=O)CC(NCC)c1ccccc1. The number of hydrogen-bond donors (Lipinski definition) is 1. The molecular weight excluding hydrogens is 242 g/mol. The highest BCUT2D eigenvalue weighted by molar-refractivity contribution is 7.85. The van der Waals surface area contributed by atoms with Crippen LogP contribution in [0.4, 0.5) is 0 Å². The Morgan fingerprint density at radius 3 is 2.50 bits per heavy atom. The van der Waals surface area contributed by atoms with Crippen molar-refractivity contribution in [1.29, 1.82) is 0 Å². The molecule has 0 saturated heterocycles. The van der Waals surface area contributed by atoms with Crippen molar-refractivity contribution < 1.29 is 4.21 Å². The zero-order chi connectivity index (χ0) is 13.2. The molecule has 2 atom stereocenters. The summed E-state index contributed by atoms with van der Waals surface area (Å²) < 4.78 is 12.0. The molecule has 0 aromatic heterocycles. The second-order valence-electron chi connectivity index (χ2n) is 4.54. The standard InChI is InChI=1S/C15H25NOS/c1-3-5-9-12-18(17)13-15(16-4-2)14-10-7-6-8-11-14/h6-8,10-11,15-16H,3-5,9,12-13H2,1-2H3. The smallest absolute Gasteiger partial charge is 0.0436 e. The summed E-state index contributed by atoms with van der Waals surface area (Å²) >= 11 is 0. The Balaban J connectivity index is 2.50. The molecule has 0 aliphatic heterocycles. The van der Waals surface area contributed by atoms with Crippen LogP contribution in [0.15, 0.2) is 30.3 Å². The van der Waals surface area contributed by atoms with Gasteiger partial charge in [-0.15, -0.1) is 0 Å². The molecule has 3 heteroatoms. The van der Waals surface area contributed by atoms with Crippen LogP contribution in [-0.4, -0.2) is 22.3 Å². The maximum absolute atomic E-state index is 12.0. The fourth-order valence-corrected chi connectivity index (χ4v) is 3.36. The van der Waals surface area contributed by atoms with E-state index >= 15 is 0 Å². The third-order valence-corrected chi connectivity index (χ3v) is 4.43. The molecule has 0 spiro atoms. The summed E-state index contributed by atoms with van der Waals surface area (Å²) in [5.41, 5.74) is 1.24. The molecule has 1 N–H and O–H groups in total. The Morgan fingerprint density at radius 1 is 1.17 bits per heavy atom. The summed E-state index contributed by atoms with van der Waals surface area (Å²) in [6.45, 7) is 5.18. The zero-order valence-electron chi connectivity index (χ0n) is 11.5. The van der Waals surface area contributed by atoms with E-state index in [1.807, 2.05) is 18.2 Å². The molecule has 0 radical (unpaired) electrons. The minimum Gasteiger partial charge on any atom is -0.309 e. The van der Waals surface area contributed by atoms with Crippen molar-refractivity contribution >= 4 is 10.8 Å². The lowest BCUT2D eigenvalue weighted by Gasteiger charge is -2.17. The average molecular weight is 267 g/mol. The molecule has 0 saturated carbocycles. The molecule has 0 aliphatic carbocycles. The highest BCUT2D eigenvalue weighted by Gasteiger charge is 2.13. The van der Waals surface area contributed by atoms with Gasteiger partial charge in [-0.2, -0.15) is 0 Å². The number of nitrogens with one attached hydrogen (secondary N) is 1. The third kappa shape index (κ3) is 5.78. The summed E-state index contributed by atoms with van der Waals surface area (Å²) in [6.07, 6.45) is 3.45. The second-order valence-corrected chi connectivity index (χ2v) is 6.16. The van der Waals surface area contributed by atoms with Gasteiger partial charge in [-0.1, -0.05) is 57.0 Å². The van der Waals surface area contributed by atoms with E-state index in [4.69, 9.17) is 0 Å². The Kier molecular flexibility index (Phi) is 7.94. The first kappa shape index (κ1) is 15.4. The van der Waals surface area contributed by atoms with Gasteiger partial charge in [0.05, 0.1) is 0 Å². The minimum atomic E-state index is -0.716. The predicted octanol–water partition coefficient (Wildman–Crippen LogP) is 3.28. The number of rotatable bonds is 9. The Morgan fingerprint density at radius 2 is 1.89 bits per heavy atom. The Labute approximate surface area is 114 Å². The molecule has 2 unspecified atom stereocenters. The quantitative estimate of drug-likeness (QED) is 0.696.